The van der Waals surface area contributed by atoms with Crippen LogP contribution in [0.3, 0.4) is 0 Å². The molecule has 1 aromatic rings. The van der Waals surface area contributed by atoms with E-state index in [1.54, 1.807) is 0 Å². The van der Waals surface area contributed by atoms with Gasteiger partial charge in [0.15, 0.2) is 0 Å². The standard InChI is InChI=1S/C15H28N4/c1-2-3-4-7-13(17-16)12-14-10-11-19(18-14)15-8-5-6-9-15/h10-11,13,15,17H,2-9,12,16H2,1H3. The van der Waals surface area contributed by atoms with E-state index in [-0.39, 0.29) is 0 Å². The monoisotopic (exact) mass is 264 g/mol. The molecule has 0 aliphatic heterocycles. The summed E-state index contributed by atoms with van der Waals surface area (Å²) in [5.41, 5.74) is 4.11. The SMILES string of the molecule is CCCCCC(Cc1ccn(C2CCCC2)n1)NN. The van der Waals surface area contributed by atoms with Gasteiger partial charge in [0.05, 0.1) is 11.7 Å². The van der Waals surface area contributed by atoms with Crippen LogP contribution in [-0.2, 0) is 6.42 Å². The first-order chi connectivity index (χ1) is 9.33. The number of unbranched alkanes of at least 4 members (excludes halogenated alkanes) is 2. The molecule has 1 fully saturated rings. The van der Waals surface area contributed by atoms with E-state index in [1.807, 2.05) is 0 Å². The molecule has 4 nitrogen and oxygen atoms in total. The lowest BCUT2D eigenvalue weighted by atomic mass is 10.0. The van der Waals surface area contributed by atoms with Crippen molar-refractivity contribution in [2.45, 2.75) is 76.8 Å². The molecule has 1 unspecified atom stereocenters. The van der Waals surface area contributed by atoms with Crippen molar-refractivity contribution < 1.29 is 0 Å². The fourth-order valence-corrected chi connectivity index (χ4v) is 3.00. The van der Waals surface area contributed by atoms with Crippen LogP contribution in [0.5, 0.6) is 0 Å². The van der Waals surface area contributed by atoms with Crippen LogP contribution in [-0.4, -0.2) is 15.8 Å². The number of hydrogen-bond donors (Lipinski definition) is 2. The fourth-order valence-electron chi connectivity index (χ4n) is 3.00. The van der Waals surface area contributed by atoms with E-state index >= 15 is 0 Å². The lowest BCUT2D eigenvalue weighted by molar-refractivity contribution is 0.442. The summed E-state index contributed by atoms with van der Waals surface area (Å²) in [5, 5.41) is 4.73. The summed E-state index contributed by atoms with van der Waals surface area (Å²) < 4.78 is 2.17. The average molecular weight is 264 g/mol. The molecule has 108 valence electrons. The summed E-state index contributed by atoms with van der Waals surface area (Å²) in [7, 11) is 0. The van der Waals surface area contributed by atoms with Crippen molar-refractivity contribution in [1.29, 1.82) is 0 Å². The number of nitrogens with two attached hydrogens (primary N) is 1. The van der Waals surface area contributed by atoms with Gasteiger partial charge in [-0.15, -0.1) is 0 Å². The van der Waals surface area contributed by atoms with Crippen molar-refractivity contribution in [2.24, 2.45) is 5.84 Å². The molecule has 0 amide bonds. The molecule has 1 aliphatic rings. The van der Waals surface area contributed by atoms with Gasteiger partial charge in [-0.1, -0.05) is 39.0 Å². The maximum Gasteiger partial charge on any atom is 0.0640 e. The van der Waals surface area contributed by atoms with Gasteiger partial charge in [-0.25, -0.2) is 0 Å². The lowest BCUT2D eigenvalue weighted by Gasteiger charge is -2.14. The van der Waals surface area contributed by atoms with Crippen molar-refractivity contribution in [3.05, 3.63) is 18.0 Å². The molecule has 0 aromatic carbocycles. The van der Waals surface area contributed by atoms with Crippen LogP contribution < -0.4 is 11.3 Å². The minimum atomic E-state index is 0.360. The zero-order chi connectivity index (χ0) is 13.5. The highest BCUT2D eigenvalue weighted by molar-refractivity contribution is 5.02. The number of rotatable bonds is 8. The molecule has 0 radical (unpaired) electrons. The van der Waals surface area contributed by atoms with Crippen molar-refractivity contribution in [3.63, 3.8) is 0 Å². The van der Waals surface area contributed by atoms with Gasteiger partial charge in [0.1, 0.15) is 0 Å². The average Bonchev–Trinajstić information content (AvgIpc) is 3.08. The summed E-state index contributed by atoms with van der Waals surface area (Å²) in [6, 6.07) is 3.15. The third-order valence-corrected chi connectivity index (χ3v) is 4.21. The molecule has 1 aliphatic carbocycles. The van der Waals surface area contributed by atoms with E-state index in [9.17, 15) is 0 Å². The third kappa shape index (κ3) is 4.32. The summed E-state index contributed by atoms with van der Waals surface area (Å²) in [6.45, 7) is 2.23. The Morgan fingerprint density at radius 1 is 1.42 bits per heavy atom. The summed E-state index contributed by atoms with van der Waals surface area (Å²) in [5.74, 6) is 5.65. The predicted molar refractivity (Wildman–Crippen MR) is 78.7 cm³/mol. The zero-order valence-electron chi connectivity index (χ0n) is 12.1. The number of nitrogens with zero attached hydrogens (tertiary/aromatic N) is 2. The van der Waals surface area contributed by atoms with Crippen LogP contribution in [0.2, 0.25) is 0 Å². The van der Waals surface area contributed by atoms with E-state index in [2.05, 4.69) is 29.3 Å². The minimum Gasteiger partial charge on any atom is -0.271 e. The summed E-state index contributed by atoms with van der Waals surface area (Å²) in [6.07, 6.45) is 13.3. The first-order valence-corrected chi connectivity index (χ1v) is 7.83. The Hall–Kier alpha value is -0.870. The van der Waals surface area contributed by atoms with Gasteiger partial charge in [0.2, 0.25) is 0 Å². The largest absolute Gasteiger partial charge is 0.271 e. The molecule has 1 atom stereocenters. The molecular formula is C15H28N4. The first kappa shape index (κ1) is 14.5. The molecular weight excluding hydrogens is 236 g/mol. The Bertz CT molecular complexity index is 355. The van der Waals surface area contributed by atoms with Crippen LogP contribution in [0.15, 0.2) is 12.3 Å². The van der Waals surface area contributed by atoms with Gasteiger partial charge < -0.3 is 0 Å². The van der Waals surface area contributed by atoms with E-state index < -0.39 is 0 Å². The smallest absolute Gasteiger partial charge is 0.0640 e. The molecule has 4 heteroatoms. The summed E-state index contributed by atoms with van der Waals surface area (Å²) in [4.78, 5) is 0. The Morgan fingerprint density at radius 2 is 2.21 bits per heavy atom. The zero-order valence-corrected chi connectivity index (χ0v) is 12.1. The van der Waals surface area contributed by atoms with Crippen LogP contribution in [0.25, 0.3) is 0 Å². The van der Waals surface area contributed by atoms with Gasteiger partial charge in [0.25, 0.3) is 0 Å². The maximum atomic E-state index is 5.65. The Morgan fingerprint density at radius 3 is 2.89 bits per heavy atom. The second-order valence-corrected chi connectivity index (χ2v) is 5.79. The minimum absolute atomic E-state index is 0.360. The highest BCUT2D eigenvalue weighted by Gasteiger charge is 2.18. The van der Waals surface area contributed by atoms with Crippen molar-refractivity contribution in [2.75, 3.05) is 0 Å². The molecule has 1 saturated carbocycles. The Labute approximate surface area is 116 Å². The van der Waals surface area contributed by atoms with Gasteiger partial charge in [-0.3, -0.25) is 16.0 Å². The van der Waals surface area contributed by atoms with Gasteiger partial charge >= 0.3 is 0 Å². The number of nitrogens with one attached hydrogen (secondary N) is 1. The lowest BCUT2D eigenvalue weighted by Crippen LogP contribution is -2.36. The second-order valence-electron chi connectivity index (χ2n) is 5.79. The highest BCUT2D eigenvalue weighted by atomic mass is 15.3. The topological polar surface area (TPSA) is 55.9 Å². The maximum absolute atomic E-state index is 5.65. The van der Waals surface area contributed by atoms with Gasteiger partial charge in [-0.2, -0.15) is 5.10 Å². The third-order valence-electron chi connectivity index (χ3n) is 4.21. The molecule has 3 N–H and O–H groups in total. The van der Waals surface area contributed by atoms with E-state index in [0.29, 0.717) is 12.1 Å². The Balaban J connectivity index is 1.83. The molecule has 0 bridgehead atoms. The van der Waals surface area contributed by atoms with E-state index in [1.165, 1.54) is 50.6 Å². The van der Waals surface area contributed by atoms with Gasteiger partial charge in [-0.05, 0) is 25.3 Å². The second kappa shape index (κ2) is 7.65. The van der Waals surface area contributed by atoms with Crippen molar-refractivity contribution >= 4 is 0 Å². The van der Waals surface area contributed by atoms with E-state index in [4.69, 9.17) is 10.9 Å². The van der Waals surface area contributed by atoms with Crippen LogP contribution >= 0.6 is 0 Å². The number of aromatic nitrogens is 2. The molecule has 1 heterocycles. The number of hydrogen-bond acceptors (Lipinski definition) is 3. The number of hydrazine groups is 1. The molecule has 1 aromatic heterocycles. The molecule has 19 heavy (non-hydrogen) atoms. The van der Waals surface area contributed by atoms with Crippen LogP contribution in [0.4, 0.5) is 0 Å². The highest BCUT2D eigenvalue weighted by Crippen LogP contribution is 2.28. The van der Waals surface area contributed by atoms with Crippen LogP contribution in [0, 0.1) is 0 Å². The molecule has 2 rings (SSSR count). The molecule has 0 saturated heterocycles. The predicted octanol–water partition coefficient (Wildman–Crippen LogP) is 2.95. The van der Waals surface area contributed by atoms with Crippen molar-refractivity contribution in [1.82, 2.24) is 15.2 Å². The van der Waals surface area contributed by atoms with Gasteiger partial charge in [0, 0.05) is 18.7 Å². The fraction of sp³-hybridized carbons (Fsp3) is 0.800. The Kier molecular flexibility index (Phi) is 5.86. The first-order valence-electron chi connectivity index (χ1n) is 7.83. The molecule has 0 spiro atoms. The van der Waals surface area contributed by atoms with Crippen LogP contribution in [0.1, 0.15) is 70.0 Å². The summed E-state index contributed by atoms with van der Waals surface area (Å²) >= 11 is 0. The normalized spacial score (nSPS) is 18.0. The quantitative estimate of drug-likeness (QED) is 0.431. The van der Waals surface area contributed by atoms with Crippen molar-refractivity contribution in [3.8, 4) is 0 Å². The van der Waals surface area contributed by atoms with E-state index in [0.717, 1.165) is 12.8 Å².